The molecule has 0 radical (unpaired) electrons. The Morgan fingerprint density at radius 1 is 1.23 bits per heavy atom. The molecule has 1 unspecified atom stereocenters. The van der Waals surface area contributed by atoms with Crippen molar-refractivity contribution in [3.63, 3.8) is 0 Å². The maximum atomic E-state index is 5.94. The standard InChI is InChI=1S/C9H11Cl3Si/c1-7-4-3-5-9(6-7)8(2)13(10,11)12/h3-6,8H,1-2H3. The molecule has 0 saturated carbocycles. The summed E-state index contributed by atoms with van der Waals surface area (Å²) in [7, 11) is 0. The number of halogens is 3. The van der Waals surface area contributed by atoms with Gasteiger partial charge in [-0.25, -0.2) is 0 Å². The van der Waals surface area contributed by atoms with E-state index >= 15 is 0 Å². The molecule has 72 valence electrons. The maximum absolute atomic E-state index is 5.94. The van der Waals surface area contributed by atoms with Crippen LogP contribution in [0, 0.1) is 6.92 Å². The predicted octanol–water partition coefficient (Wildman–Crippen LogP) is 4.29. The number of hydrogen-bond donors (Lipinski definition) is 0. The molecule has 1 rings (SSSR count). The van der Waals surface area contributed by atoms with Gasteiger partial charge in [0.05, 0.1) is 0 Å². The molecule has 13 heavy (non-hydrogen) atoms. The Morgan fingerprint density at radius 3 is 2.31 bits per heavy atom. The lowest BCUT2D eigenvalue weighted by Gasteiger charge is -2.17. The second-order valence-electron chi connectivity index (χ2n) is 3.18. The second-order valence-corrected chi connectivity index (χ2v) is 12.2. The molecule has 0 bridgehead atoms. The van der Waals surface area contributed by atoms with Crippen molar-refractivity contribution >= 4 is 39.2 Å². The molecular weight excluding hydrogens is 243 g/mol. The van der Waals surface area contributed by atoms with E-state index in [1.165, 1.54) is 5.56 Å². The van der Waals surface area contributed by atoms with Crippen molar-refractivity contribution in [1.29, 1.82) is 0 Å². The Hall–Kier alpha value is 0.307. The van der Waals surface area contributed by atoms with Crippen molar-refractivity contribution in [2.24, 2.45) is 0 Å². The van der Waals surface area contributed by atoms with Crippen LogP contribution in [0.15, 0.2) is 24.3 Å². The lowest BCUT2D eigenvalue weighted by Crippen LogP contribution is -2.20. The summed E-state index contributed by atoms with van der Waals surface area (Å²) in [6.07, 6.45) is 0. The molecule has 0 nitrogen and oxygen atoms in total. The van der Waals surface area contributed by atoms with Gasteiger partial charge in [-0.15, -0.1) is 33.2 Å². The summed E-state index contributed by atoms with van der Waals surface area (Å²) in [4.78, 5) is 0. The largest absolute Gasteiger partial charge is 0.348 e. The molecular formula is C9H11Cl3Si. The number of hydrogen-bond acceptors (Lipinski definition) is 0. The molecule has 0 aromatic heterocycles. The summed E-state index contributed by atoms with van der Waals surface area (Å²) in [5.74, 6) is 0. The summed E-state index contributed by atoms with van der Waals surface area (Å²) in [6, 6.07) is 5.50. The Balaban J connectivity index is 2.96. The molecule has 0 saturated heterocycles. The van der Waals surface area contributed by atoms with Crippen molar-refractivity contribution in [3.8, 4) is 0 Å². The van der Waals surface area contributed by atoms with E-state index in [-0.39, 0.29) is 5.54 Å². The quantitative estimate of drug-likeness (QED) is 0.545. The molecule has 1 aromatic carbocycles. The van der Waals surface area contributed by atoms with Gasteiger partial charge in [0.15, 0.2) is 0 Å². The van der Waals surface area contributed by atoms with Crippen molar-refractivity contribution in [2.45, 2.75) is 19.4 Å². The van der Waals surface area contributed by atoms with Gasteiger partial charge in [-0.3, -0.25) is 0 Å². The summed E-state index contributed by atoms with van der Waals surface area (Å²) in [5.41, 5.74) is 2.37. The zero-order chi connectivity index (χ0) is 10.1. The van der Waals surface area contributed by atoms with Crippen LogP contribution < -0.4 is 0 Å². The SMILES string of the molecule is Cc1cccc(C(C)[Si](Cl)(Cl)Cl)c1. The van der Waals surface area contributed by atoms with Gasteiger partial charge in [0.25, 0.3) is 0 Å². The Labute approximate surface area is 93.9 Å². The number of aryl methyl sites for hydroxylation is 1. The van der Waals surface area contributed by atoms with Gasteiger partial charge < -0.3 is 0 Å². The van der Waals surface area contributed by atoms with E-state index in [1.54, 1.807) is 0 Å². The monoisotopic (exact) mass is 252 g/mol. The van der Waals surface area contributed by atoms with E-state index < -0.39 is 6.00 Å². The fourth-order valence-corrected chi connectivity index (χ4v) is 2.82. The van der Waals surface area contributed by atoms with Gasteiger partial charge in [-0.2, -0.15) is 0 Å². The third-order valence-electron chi connectivity index (χ3n) is 2.03. The molecule has 0 amide bonds. The summed E-state index contributed by atoms with van der Waals surface area (Å²) < 4.78 is 0. The van der Waals surface area contributed by atoms with Gasteiger partial charge >= 0.3 is 6.00 Å². The predicted molar refractivity (Wildman–Crippen MR) is 62.9 cm³/mol. The first kappa shape index (κ1) is 11.4. The van der Waals surface area contributed by atoms with Gasteiger partial charge in [-0.1, -0.05) is 36.8 Å². The first-order valence-corrected chi connectivity index (χ1v) is 9.16. The minimum Gasteiger partial charge on any atom is -0.125 e. The van der Waals surface area contributed by atoms with Gasteiger partial charge in [0, 0.05) is 5.54 Å². The van der Waals surface area contributed by atoms with E-state index in [9.17, 15) is 0 Å². The average molecular weight is 254 g/mol. The van der Waals surface area contributed by atoms with E-state index in [0.717, 1.165) is 5.56 Å². The molecule has 0 aliphatic carbocycles. The van der Waals surface area contributed by atoms with Crippen LogP contribution >= 0.6 is 33.2 Å². The van der Waals surface area contributed by atoms with Crippen LogP contribution in [0.5, 0.6) is 0 Å². The fraction of sp³-hybridized carbons (Fsp3) is 0.333. The topological polar surface area (TPSA) is 0 Å². The Morgan fingerprint density at radius 2 is 1.85 bits per heavy atom. The van der Waals surface area contributed by atoms with Crippen LogP contribution in [-0.4, -0.2) is 6.00 Å². The smallest absolute Gasteiger partial charge is 0.125 e. The van der Waals surface area contributed by atoms with Crippen LogP contribution in [0.3, 0.4) is 0 Å². The van der Waals surface area contributed by atoms with E-state index in [1.807, 2.05) is 32.0 Å². The van der Waals surface area contributed by atoms with E-state index in [0.29, 0.717) is 0 Å². The molecule has 0 spiro atoms. The lowest BCUT2D eigenvalue weighted by atomic mass is 10.1. The van der Waals surface area contributed by atoms with Crippen molar-refractivity contribution in [2.75, 3.05) is 0 Å². The first-order chi connectivity index (χ1) is 5.91. The first-order valence-electron chi connectivity index (χ1n) is 4.04. The fourth-order valence-electron chi connectivity index (χ4n) is 1.13. The van der Waals surface area contributed by atoms with Crippen LogP contribution in [0.4, 0.5) is 0 Å². The molecule has 1 atom stereocenters. The normalized spacial score (nSPS) is 14.2. The summed E-state index contributed by atoms with van der Waals surface area (Å²) in [6.45, 7) is 4.00. The summed E-state index contributed by atoms with van der Waals surface area (Å²) in [5, 5.41) is 0. The van der Waals surface area contributed by atoms with Crippen LogP contribution in [0.1, 0.15) is 23.6 Å². The highest BCUT2D eigenvalue weighted by molar-refractivity contribution is 7.65. The van der Waals surface area contributed by atoms with Crippen molar-refractivity contribution < 1.29 is 0 Å². The van der Waals surface area contributed by atoms with Crippen molar-refractivity contribution in [1.82, 2.24) is 0 Å². The molecule has 0 fully saturated rings. The van der Waals surface area contributed by atoms with Crippen molar-refractivity contribution in [3.05, 3.63) is 35.4 Å². The highest BCUT2D eigenvalue weighted by Gasteiger charge is 2.34. The third-order valence-corrected chi connectivity index (χ3v) is 6.29. The van der Waals surface area contributed by atoms with Crippen LogP contribution in [-0.2, 0) is 0 Å². The van der Waals surface area contributed by atoms with E-state index in [4.69, 9.17) is 33.2 Å². The molecule has 4 heteroatoms. The zero-order valence-electron chi connectivity index (χ0n) is 7.52. The minimum absolute atomic E-state index is 0.0531. The minimum atomic E-state index is -2.61. The lowest BCUT2D eigenvalue weighted by molar-refractivity contribution is 1.06. The molecule has 0 heterocycles. The van der Waals surface area contributed by atoms with Gasteiger partial charge in [0.1, 0.15) is 0 Å². The maximum Gasteiger partial charge on any atom is 0.348 e. The molecule has 0 aliphatic heterocycles. The van der Waals surface area contributed by atoms with Crippen LogP contribution in [0.25, 0.3) is 0 Å². The van der Waals surface area contributed by atoms with Gasteiger partial charge in [-0.05, 0) is 12.5 Å². The van der Waals surface area contributed by atoms with Crippen LogP contribution in [0.2, 0.25) is 0 Å². The highest BCUT2D eigenvalue weighted by Crippen LogP contribution is 2.36. The zero-order valence-corrected chi connectivity index (χ0v) is 10.8. The third kappa shape index (κ3) is 3.17. The Bertz CT molecular complexity index is 293. The summed E-state index contributed by atoms with van der Waals surface area (Å²) >= 11 is 17.8. The Kier molecular flexibility index (Phi) is 3.70. The molecule has 1 aromatic rings. The molecule has 0 aliphatic rings. The second kappa shape index (κ2) is 4.22. The number of benzene rings is 1. The molecule has 0 N–H and O–H groups in total. The number of rotatable bonds is 2. The van der Waals surface area contributed by atoms with E-state index in [2.05, 4.69) is 6.07 Å². The highest BCUT2D eigenvalue weighted by atomic mass is 35.8. The van der Waals surface area contributed by atoms with Gasteiger partial charge in [0.2, 0.25) is 0 Å². The average Bonchev–Trinajstić information content (AvgIpc) is 2.01.